The number of benzene rings is 3. The molecule has 3 aliphatic heterocycles. The van der Waals surface area contributed by atoms with Gasteiger partial charge in [0.05, 0.1) is 10.9 Å². The Labute approximate surface area is 281 Å². The van der Waals surface area contributed by atoms with Crippen LogP contribution in [-0.4, -0.2) is 92.4 Å². The molecule has 4 atom stereocenters. The van der Waals surface area contributed by atoms with Crippen LogP contribution >= 0.6 is 0 Å². The molecule has 0 radical (unpaired) electrons. The third-order valence-corrected chi connectivity index (χ3v) is 11.2. The number of ether oxygens (including phenoxy) is 1. The Morgan fingerprint density at radius 1 is 1.06 bits per heavy atom. The van der Waals surface area contributed by atoms with Gasteiger partial charge in [-0.15, -0.1) is 6.42 Å². The first-order chi connectivity index (χ1) is 23.6. The lowest BCUT2D eigenvalue weighted by Crippen LogP contribution is -2.55. The van der Waals surface area contributed by atoms with E-state index in [-0.39, 0.29) is 57.4 Å². The maximum absolute atomic E-state index is 17.6. The zero-order chi connectivity index (χ0) is 33.8. The predicted molar refractivity (Wildman–Crippen MR) is 181 cm³/mol. The van der Waals surface area contributed by atoms with Crippen LogP contribution in [0.2, 0.25) is 0 Å². The van der Waals surface area contributed by atoms with Crippen molar-refractivity contribution in [2.75, 3.05) is 44.7 Å². The zero-order valence-electron chi connectivity index (χ0n) is 27.4. The van der Waals surface area contributed by atoms with E-state index in [1.807, 2.05) is 11.1 Å². The summed E-state index contributed by atoms with van der Waals surface area (Å²) in [5.74, 6) is 1.48. The number of piperidine rings is 2. The fourth-order valence-electron chi connectivity index (χ4n) is 8.62. The van der Waals surface area contributed by atoms with Crippen LogP contribution < -0.4 is 9.64 Å². The van der Waals surface area contributed by atoms with Crippen LogP contribution in [0, 0.1) is 29.9 Å². The molecule has 2 bridgehead atoms. The summed E-state index contributed by atoms with van der Waals surface area (Å²) in [6.45, 7) is 3.17. The summed E-state index contributed by atoms with van der Waals surface area (Å²) in [5, 5.41) is 17.4. The molecule has 4 aliphatic rings. The number of anilines is 1. The fourth-order valence-corrected chi connectivity index (χ4v) is 8.62. The van der Waals surface area contributed by atoms with E-state index >= 15 is 8.78 Å². The lowest BCUT2D eigenvalue weighted by molar-refractivity contribution is -0.0989. The quantitative estimate of drug-likeness (QED) is 0.243. The minimum Gasteiger partial charge on any atom is -0.508 e. The van der Waals surface area contributed by atoms with E-state index in [1.54, 1.807) is 11.7 Å². The third kappa shape index (κ3) is 4.73. The van der Waals surface area contributed by atoms with Crippen molar-refractivity contribution >= 4 is 38.4 Å². The highest BCUT2D eigenvalue weighted by molar-refractivity contribution is 6.18. The van der Waals surface area contributed by atoms with E-state index in [9.17, 15) is 9.50 Å². The van der Waals surface area contributed by atoms with Gasteiger partial charge in [-0.25, -0.2) is 13.2 Å². The first-order valence-corrected chi connectivity index (χ1v) is 16.9. The molecule has 2 aromatic heterocycles. The number of fused-ring (bicyclic) bond motifs is 6. The Morgan fingerprint density at radius 2 is 1.90 bits per heavy atom. The molecule has 49 heavy (non-hydrogen) atoms. The summed E-state index contributed by atoms with van der Waals surface area (Å²) in [5.41, 5.74) is 0.557. The van der Waals surface area contributed by atoms with Gasteiger partial charge in [0.1, 0.15) is 34.6 Å². The number of likely N-dealkylation sites (N-methyl/N-ethyl adjacent to an activating group) is 1. The van der Waals surface area contributed by atoms with Crippen LogP contribution in [0.15, 0.2) is 30.5 Å². The van der Waals surface area contributed by atoms with E-state index < -0.39 is 24.0 Å². The molecular weight excluding hydrogens is 631 g/mol. The monoisotopic (exact) mass is 667 g/mol. The molecule has 9 rings (SSSR count). The van der Waals surface area contributed by atoms with Gasteiger partial charge in [-0.3, -0.25) is 14.5 Å². The van der Waals surface area contributed by atoms with Crippen molar-refractivity contribution in [3.63, 3.8) is 0 Å². The fraction of sp³-hybridized carbons (Fsp3) is 0.432. The summed E-state index contributed by atoms with van der Waals surface area (Å²) < 4.78 is 55.5. The van der Waals surface area contributed by atoms with E-state index in [2.05, 4.69) is 22.8 Å². The van der Waals surface area contributed by atoms with Gasteiger partial charge in [0.25, 0.3) is 0 Å². The number of halogens is 3. The topological polar surface area (TPSA) is 82.8 Å². The molecule has 3 saturated heterocycles. The number of terminal acetylenes is 1. The lowest BCUT2D eigenvalue weighted by atomic mass is 9.86. The highest BCUT2D eigenvalue weighted by atomic mass is 19.1. The van der Waals surface area contributed by atoms with Crippen molar-refractivity contribution in [2.24, 2.45) is 13.0 Å². The second kappa shape index (κ2) is 11.0. The maximum Gasteiger partial charge on any atom is 0.320 e. The molecule has 1 saturated carbocycles. The molecule has 9 nitrogen and oxygen atoms in total. The molecule has 2 unspecified atom stereocenters. The number of phenolic OH excluding ortho intramolecular Hbond substituents is 1. The smallest absolute Gasteiger partial charge is 0.320 e. The van der Waals surface area contributed by atoms with Crippen LogP contribution in [0.1, 0.15) is 37.7 Å². The average Bonchev–Trinajstić information content (AvgIpc) is 3.74. The highest BCUT2D eigenvalue weighted by Gasteiger charge is 2.50. The van der Waals surface area contributed by atoms with Crippen molar-refractivity contribution in [1.29, 1.82) is 0 Å². The predicted octanol–water partition coefficient (Wildman–Crippen LogP) is 5.74. The van der Waals surface area contributed by atoms with Crippen LogP contribution in [0.4, 0.5) is 19.0 Å². The second-order valence-corrected chi connectivity index (χ2v) is 14.3. The lowest BCUT2D eigenvalue weighted by Gasteiger charge is -2.45. The first kappa shape index (κ1) is 30.5. The first-order valence-electron chi connectivity index (χ1n) is 16.9. The van der Waals surface area contributed by atoms with E-state index in [1.165, 1.54) is 24.3 Å². The van der Waals surface area contributed by atoms with Crippen LogP contribution in [0.3, 0.4) is 0 Å². The molecule has 12 heteroatoms. The summed E-state index contributed by atoms with van der Waals surface area (Å²) >= 11 is 0. The number of hydrogen-bond donors (Lipinski definition) is 1. The number of aryl methyl sites for hydroxylation is 1. The molecule has 252 valence electrons. The molecule has 0 amide bonds. The van der Waals surface area contributed by atoms with E-state index in [4.69, 9.17) is 26.2 Å². The van der Waals surface area contributed by atoms with Crippen molar-refractivity contribution in [1.82, 2.24) is 29.5 Å². The number of nitrogens with zero attached hydrogens (tertiary/aromatic N) is 7. The van der Waals surface area contributed by atoms with Gasteiger partial charge in [0, 0.05) is 73.8 Å². The van der Waals surface area contributed by atoms with Gasteiger partial charge in [-0.1, -0.05) is 12.0 Å². The molecule has 1 N–H and O–H groups in total. The average molecular weight is 668 g/mol. The second-order valence-electron chi connectivity index (χ2n) is 14.3. The largest absolute Gasteiger partial charge is 0.508 e. The molecule has 1 aliphatic carbocycles. The van der Waals surface area contributed by atoms with Crippen LogP contribution in [0.5, 0.6) is 11.8 Å². The van der Waals surface area contributed by atoms with Gasteiger partial charge in [-0.05, 0) is 68.3 Å². The Hall–Kier alpha value is -4.60. The van der Waals surface area contributed by atoms with E-state index in [0.29, 0.717) is 53.5 Å². The van der Waals surface area contributed by atoms with Gasteiger partial charge in [0.2, 0.25) is 0 Å². The van der Waals surface area contributed by atoms with E-state index in [0.717, 1.165) is 32.2 Å². The Kier molecular flexibility index (Phi) is 6.81. The molecule has 3 aromatic carbocycles. The van der Waals surface area contributed by atoms with Crippen molar-refractivity contribution in [2.45, 2.75) is 50.0 Å². The summed E-state index contributed by atoms with van der Waals surface area (Å²) in [7, 11) is 3.89. The summed E-state index contributed by atoms with van der Waals surface area (Å²) in [4.78, 5) is 16.4. The standard InChI is InChI=1S/C37H36F3N7O2/c1-4-24-27(39)8-7-20-15-23(48)16-25(28(20)24)29-31(40)33-30(26-18-45(3)43-32(26)29)34(47-13-12-44(2)37(19-47)9-10-37)42-36(41-33)49-35-21-6-5-11-46(35)17-22(38)14-21/h1,7-8,15-16,18,21-22,35,48H,5-6,9-14,17,19H2,2-3H3/t21-,22-,35?/m1/s1. The Morgan fingerprint density at radius 3 is 2.67 bits per heavy atom. The number of hydrogen-bond acceptors (Lipinski definition) is 8. The minimum absolute atomic E-state index is 0.0220. The number of phenols is 1. The number of rotatable bonds is 4. The number of aromatic hydroxyl groups is 1. The third-order valence-electron chi connectivity index (χ3n) is 11.2. The van der Waals surface area contributed by atoms with Crippen LogP contribution in [0.25, 0.3) is 43.7 Å². The van der Waals surface area contributed by atoms with Gasteiger partial charge >= 0.3 is 6.01 Å². The molecule has 5 aromatic rings. The number of aromatic nitrogens is 4. The van der Waals surface area contributed by atoms with Crippen molar-refractivity contribution < 1.29 is 23.0 Å². The van der Waals surface area contributed by atoms with Crippen LogP contribution in [-0.2, 0) is 7.05 Å². The molecular formula is C37H36F3N7O2. The minimum atomic E-state index is -0.924. The number of piperazine rings is 1. The molecule has 1 spiro atoms. The van der Waals surface area contributed by atoms with Crippen molar-refractivity contribution in [3.8, 4) is 35.2 Å². The van der Waals surface area contributed by atoms with Gasteiger partial charge in [-0.2, -0.15) is 15.1 Å². The zero-order valence-corrected chi connectivity index (χ0v) is 27.4. The SMILES string of the molecule is C#Cc1c(F)ccc2cc(O)cc(-c3c(F)c4nc(OC5[C@@H]6CCCN5C[C@H](F)C6)nc(N5CCN(C)C6(CC6)C5)c4c4cn(C)nc34)c12. The Balaban J connectivity index is 1.32. The van der Waals surface area contributed by atoms with Gasteiger partial charge < -0.3 is 14.7 Å². The van der Waals surface area contributed by atoms with Gasteiger partial charge in [0.15, 0.2) is 12.0 Å². The van der Waals surface area contributed by atoms with Crippen molar-refractivity contribution in [3.05, 3.63) is 47.7 Å². The molecule has 4 fully saturated rings. The number of alkyl halides is 1. The highest BCUT2D eigenvalue weighted by Crippen LogP contribution is 2.48. The normalized spacial score (nSPS) is 24.9. The maximum atomic E-state index is 17.6. The summed E-state index contributed by atoms with van der Waals surface area (Å²) in [6, 6.07) is 5.63. The Bertz CT molecular complexity index is 2210. The summed E-state index contributed by atoms with van der Waals surface area (Å²) in [6.07, 6.45) is 10.6. The molecule has 5 heterocycles.